The van der Waals surface area contributed by atoms with Crippen LogP contribution in [0.1, 0.15) is 51.2 Å². The molecule has 0 bridgehead atoms. The summed E-state index contributed by atoms with van der Waals surface area (Å²) in [5.41, 5.74) is 2.04. The number of nitrogens with one attached hydrogen (secondary N) is 1. The summed E-state index contributed by atoms with van der Waals surface area (Å²) in [6, 6.07) is 2.40. The molecule has 1 aromatic rings. The van der Waals surface area contributed by atoms with Gasteiger partial charge in [0.05, 0.1) is 0 Å². The lowest BCUT2D eigenvalue weighted by atomic mass is 10.1. The molecule has 1 aromatic heterocycles. The molecule has 5 heteroatoms. The van der Waals surface area contributed by atoms with Gasteiger partial charge in [-0.3, -0.25) is 4.98 Å². The normalized spacial score (nSPS) is 14.6. The second-order valence-corrected chi connectivity index (χ2v) is 7.24. The van der Waals surface area contributed by atoms with Gasteiger partial charge in [0.25, 0.3) is 0 Å². The van der Waals surface area contributed by atoms with Crippen molar-refractivity contribution in [2.75, 3.05) is 13.1 Å². The maximum absolute atomic E-state index is 12.2. The quantitative estimate of drug-likeness (QED) is 0.784. The van der Waals surface area contributed by atoms with Crippen molar-refractivity contribution in [3.8, 4) is 0 Å². The predicted octanol–water partition coefficient (Wildman–Crippen LogP) is 3.27. The Balaban J connectivity index is 1.71. The van der Waals surface area contributed by atoms with E-state index in [2.05, 4.69) is 17.2 Å². The van der Waals surface area contributed by atoms with E-state index in [4.69, 9.17) is 4.74 Å². The van der Waals surface area contributed by atoms with Crippen molar-refractivity contribution in [1.82, 2.24) is 15.2 Å². The number of pyridine rings is 1. The van der Waals surface area contributed by atoms with E-state index in [1.165, 1.54) is 11.1 Å². The van der Waals surface area contributed by atoms with Gasteiger partial charge >= 0.3 is 6.09 Å². The molecule has 1 aliphatic carbocycles. The van der Waals surface area contributed by atoms with Gasteiger partial charge in [0.15, 0.2) is 0 Å². The fourth-order valence-electron chi connectivity index (χ4n) is 2.41. The number of carbonyl (C=O) groups excluding carboxylic acids is 1. The molecule has 128 valence electrons. The van der Waals surface area contributed by atoms with Gasteiger partial charge in [-0.25, -0.2) is 4.79 Å². The lowest BCUT2D eigenvalue weighted by molar-refractivity contribution is 0.0232. The van der Waals surface area contributed by atoms with E-state index in [0.29, 0.717) is 6.04 Å². The zero-order valence-corrected chi connectivity index (χ0v) is 14.8. The van der Waals surface area contributed by atoms with Crippen molar-refractivity contribution in [2.24, 2.45) is 0 Å². The molecule has 2 rings (SSSR count). The van der Waals surface area contributed by atoms with Crippen LogP contribution in [0.3, 0.4) is 0 Å². The van der Waals surface area contributed by atoms with E-state index in [-0.39, 0.29) is 6.09 Å². The molecule has 0 aromatic carbocycles. The Bertz CT molecular complexity index is 521. The van der Waals surface area contributed by atoms with Crippen molar-refractivity contribution in [3.63, 3.8) is 0 Å². The standard InChI is InChI=1S/C18H29N3O2/c1-14-8-10-20-13-15(14)12-19-9-5-11-21(16-6-7-16)17(22)23-18(2,3)4/h8,10,13,16,19H,5-7,9,11-12H2,1-4H3. The third kappa shape index (κ3) is 6.18. The average Bonchev–Trinajstić information content (AvgIpc) is 3.27. The minimum atomic E-state index is -0.430. The summed E-state index contributed by atoms with van der Waals surface area (Å²) in [6.07, 6.45) is 6.66. The molecule has 1 saturated carbocycles. The smallest absolute Gasteiger partial charge is 0.410 e. The molecule has 0 saturated heterocycles. The number of hydrogen-bond acceptors (Lipinski definition) is 4. The Morgan fingerprint density at radius 2 is 2.17 bits per heavy atom. The summed E-state index contributed by atoms with van der Waals surface area (Å²) >= 11 is 0. The van der Waals surface area contributed by atoms with Gasteiger partial charge in [-0.2, -0.15) is 0 Å². The van der Waals surface area contributed by atoms with Crippen LogP contribution in [0.4, 0.5) is 4.79 Å². The van der Waals surface area contributed by atoms with Crippen LogP contribution in [0.2, 0.25) is 0 Å². The summed E-state index contributed by atoms with van der Waals surface area (Å²) in [4.78, 5) is 18.3. The van der Waals surface area contributed by atoms with Crippen LogP contribution < -0.4 is 5.32 Å². The Kier molecular flexibility index (Phi) is 5.99. The zero-order chi connectivity index (χ0) is 16.9. The molecular formula is C18H29N3O2. The Morgan fingerprint density at radius 3 is 2.78 bits per heavy atom. The number of ether oxygens (including phenoxy) is 1. The molecule has 0 unspecified atom stereocenters. The van der Waals surface area contributed by atoms with Gasteiger partial charge in [-0.15, -0.1) is 0 Å². The maximum atomic E-state index is 12.2. The van der Waals surface area contributed by atoms with E-state index in [1.54, 1.807) is 0 Å². The van der Waals surface area contributed by atoms with Crippen molar-refractivity contribution < 1.29 is 9.53 Å². The van der Waals surface area contributed by atoms with E-state index in [9.17, 15) is 4.79 Å². The summed E-state index contributed by atoms with van der Waals surface area (Å²) < 4.78 is 5.50. The van der Waals surface area contributed by atoms with Gasteiger partial charge in [-0.05, 0) is 70.7 Å². The lowest BCUT2D eigenvalue weighted by Crippen LogP contribution is -2.39. The molecule has 0 spiro atoms. The highest BCUT2D eigenvalue weighted by molar-refractivity contribution is 5.69. The molecule has 1 N–H and O–H groups in total. The largest absolute Gasteiger partial charge is 0.444 e. The summed E-state index contributed by atoms with van der Waals surface area (Å²) in [5, 5.41) is 3.43. The molecule has 1 fully saturated rings. The fraction of sp³-hybridized carbons (Fsp3) is 0.667. The maximum Gasteiger partial charge on any atom is 0.410 e. The SMILES string of the molecule is Cc1ccncc1CNCCCN(C(=O)OC(C)(C)C)C1CC1. The Morgan fingerprint density at radius 1 is 1.43 bits per heavy atom. The van der Waals surface area contributed by atoms with Crippen LogP contribution >= 0.6 is 0 Å². The van der Waals surface area contributed by atoms with Crippen LogP contribution in [0.25, 0.3) is 0 Å². The number of nitrogens with zero attached hydrogens (tertiary/aromatic N) is 2. The molecule has 1 amide bonds. The number of carbonyl (C=O) groups is 1. The minimum absolute atomic E-state index is 0.178. The molecule has 1 heterocycles. The fourth-order valence-corrected chi connectivity index (χ4v) is 2.41. The highest BCUT2D eigenvalue weighted by Crippen LogP contribution is 2.28. The van der Waals surface area contributed by atoms with Crippen molar-refractivity contribution >= 4 is 6.09 Å². The third-order valence-electron chi connectivity index (χ3n) is 3.83. The highest BCUT2D eigenvalue weighted by atomic mass is 16.6. The van der Waals surface area contributed by atoms with E-state index >= 15 is 0 Å². The topological polar surface area (TPSA) is 54.5 Å². The number of aryl methyl sites for hydroxylation is 1. The number of aromatic nitrogens is 1. The third-order valence-corrected chi connectivity index (χ3v) is 3.83. The summed E-state index contributed by atoms with van der Waals surface area (Å²) in [5.74, 6) is 0. The predicted molar refractivity (Wildman–Crippen MR) is 91.3 cm³/mol. The highest BCUT2D eigenvalue weighted by Gasteiger charge is 2.34. The van der Waals surface area contributed by atoms with Crippen molar-refractivity contribution in [2.45, 2.75) is 65.1 Å². The van der Waals surface area contributed by atoms with Gasteiger partial charge in [0.1, 0.15) is 5.60 Å². The summed E-state index contributed by atoms with van der Waals surface area (Å²) in [6.45, 7) is 10.3. The molecule has 1 aliphatic rings. The minimum Gasteiger partial charge on any atom is -0.444 e. The number of rotatable bonds is 7. The molecular weight excluding hydrogens is 290 g/mol. The molecule has 23 heavy (non-hydrogen) atoms. The van der Waals surface area contributed by atoms with Gasteiger partial charge < -0.3 is 15.0 Å². The van der Waals surface area contributed by atoms with Crippen LogP contribution in [-0.4, -0.2) is 40.7 Å². The summed E-state index contributed by atoms with van der Waals surface area (Å²) in [7, 11) is 0. The van der Waals surface area contributed by atoms with E-state index in [0.717, 1.165) is 38.9 Å². The Hall–Kier alpha value is -1.62. The molecule has 0 atom stereocenters. The average molecular weight is 319 g/mol. The second kappa shape index (κ2) is 7.77. The van der Waals surface area contributed by atoms with Gasteiger partial charge in [-0.1, -0.05) is 0 Å². The molecule has 0 aliphatic heterocycles. The number of amides is 1. The van der Waals surface area contributed by atoms with Crippen LogP contribution in [0.5, 0.6) is 0 Å². The lowest BCUT2D eigenvalue weighted by Gasteiger charge is -2.27. The van der Waals surface area contributed by atoms with Crippen molar-refractivity contribution in [3.05, 3.63) is 29.6 Å². The van der Waals surface area contributed by atoms with E-state index in [1.807, 2.05) is 44.1 Å². The first-order valence-corrected chi connectivity index (χ1v) is 8.46. The van der Waals surface area contributed by atoms with Gasteiger partial charge in [0.2, 0.25) is 0 Å². The molecule has 0 radical (unpaired) electrons. The van der Waals surface area contributed by atoms with Crippen LogP contribution in [0.15, 0.2) is 18.5 Å². The first kappa shape index (κ1) is 17.7. The molecule has 5 nitrogen and oxygen atoms in total. The van der Waals surface area contributed by atoms with E-state index < -0.39 is 5.60 Å². The number of hydrogen-bond donors (Lipinski definition) is 1. The van der Waals surface area contributed by atoms with Crippen molar-refractivity contribution in [1.29, 1.82) is 0 Å². The van der Waals surface area contributed by atoms with Crippen LogP contribution in [0, 0.1) is 6.92 Å². The zero-order valence-electron chi connectivity index (χ0n) is 14.8. The van der Waals surface area contributed by atoms with Gasteiger partial charge in [0, 0.05) is 31.5 Å². The first-order chi connectivity index (χ1) is 10.9. The van der Waals surface area contributed by atoms with Crippen LogP contribution in [-0.2, 0) is 11.3 Å². The second-order valence-electron chi connectivity index (χ2n) is 7.24. The Labute approximate surface area is 139 Å². The first-order valence-electron chi connectivity index (χ1n) is 8.46. The monoisotopic (exact) mass is 319 g/mol.